The van der Waals surface area contributed by atoms with Gasteiger partial charge >= 0.3 is 5.88 Å². The molecule has 6 heteroatoms. The molecule has 0 radical (unpaired) electrons. The number of hydrogen-bond donors (Lipinski definition) is 0. The summed E-state index contributed by atoms with van der Waals surface area (Å²) in [5.74, 6) is 0.486. The van der Waals surface area contributed by atoms with Crippen molar-refractivity contribution in [3.63, 3.8) is 0 Å². The van der Waals surface area contributed by atoms with Crippen LogP contribution >= 0.6 is 0 Å². The molecular formula is C10H15N3O3. The molecule has 2 rings (SSSR count). The fourth-order valence-corrected chi connectivity index (χ4v) is 1.78. The van der Waals surface area contributed by atoms with Crippen LogP contribution in [0.1, 0.15) is 5.76 Å². The summed E-state index contributed by atoms with van der Waals surface area (Å²) in [6.07, 6.45) is 0. The summed E-state index contributed by atoms with van der Waals surface area (Å²) in [6, 6.07) is 3.09. The van der Waals surface area contributed by atoms with Gasteiger partial charge in [0.25, 0.3) is 0 Å². The van der Waals surface area contributed by atoms with Crippen LogP contribution in [0.5, 0.6) is 0 Å². The molecule has 88 valence electrons. The molecule has 0 aromatic carbocycles. The van der Waals surface area contributed by atoms with Crippen LogP contribution in [0.15, 0.2) is 16.5 Å². The first-order valence-electron chi connectivity index (χ1n) is 5.29. The third-order valence-corrected chi connectivity index (χ3v) is 2.80. The largest absolute Gasteiger partial charge is 0.433 e. The topological polar surface area (TPSA) is 62.8 Å². The van der Waals surface area contributed by atoms with E-state index < -0.39 is 4.92 Å². The Morgan fingerprint density at radius 1 is 1.38 bits per heavy atom. The standard InChI is InChI=1S/C10H15N3O3/c1-11-4-6-12(7-5-11)8-9-2-3-10(16-9)13(14)15/h2-3H,4-8H2,1H3. The number of nitro groups is 1. The number of furan rings is 1. The summed E-state index contributed by atoms with van der Waals surface area (Å²) in [5, 5.41) is 10.4. The molecule has 0 N–H and O–H groups in total. The lowest BCUT2D eigenvalue weighted by molar-refractivity contribution is -0.402. The summed E-state index contributed by atoms with van der Waals surface area (Å²) in [4.78, 5) is 14.4. The molecule has 0 aliphatic carbocycles. The zero-order valence-electron chi connectivity index (χ0n) is 9.26. The number of piperazine rings is 1. The number of hydrogen-bond acceptors (Lipinski definition) is 5. The summed E-state index contributed by atoms with van der Waals surface area (Å²) in [6.45, 7) is 4.67. The van der Waals surface area contributed by atoms with Crippen LogP contribution < -0.4 is 0 Å². The second-order valence-electron chi connectivity index (χ2n) is 4.08. The van der Waals surface area contributed by atoms with Gasteiger partial charge in [-0.15, -0.1) is 0 Å². The van der Waals surface area contributed by atoms with E-state index in [2.05, 4.69) is 16.8 Å². The smallest absolute Gasteiger partial charge is 0.404 e. The monoisotopic (exact) mass is 225 g/mol. The second-order valence-corrected chi connectivity index (χ2v) is 4.08. The van der Waals surface area contributed by atoms with Gasteiger partial charge in [-0.25, -0.2) is 0 Å². The molecule has 6 nitrogen and oxygen atoms in total. The first kappa shape index (κ1) is 11.1. The number of nitrogens with zero attached hydrogens (tertiary/aromatic N) is 3. The van der Waals surface area contributed by atoms with Gasteiger partial charge in [0.1, 0.15) is 10.7 Å². The van der Waals surface area contributed by atoms with Crippen LogP contribution in [0.2, 0.25) is 0 Å². The lowest BCUT2D eigenvalue weighted by Gasteiger charge is -2.31. The maximum Gasteiger partial charge on any atom is 0.433 e. The van der Waals surface area contributed by atoms with Gasteiger partial charge in [0.2, 0.25) is 0 Å². The predicted molar refractivity (Wildman–Crippen MR) is 58.1 cm³/mol. The molecule has 2 heterocycles. The van der Waals surface area contributed by atoms with Crippen LogP contribution in [0.3, 0.4) is 0 Å². The van der Waals surface area contributed by atoms with Crippen LogP contribution in [-0.2, 0) is 6.54 Å². The Morgan fingerprint density at radius 3 is 2.62 bits per heavy atom. The Kier molecular flexibility index (Phi) is 3.21. The highest BCUT2D eigenvalue weighted by Crippen LogP contribution is 2.17. The summed E-state index contributed by atoms with van der Waals surface area (Å²) >= 11 is 0. The molecule has 1 fully saturated rings. The van der Waals surface area contributed by atoms with Crippen LogP contribution in [0.4, 0.5) is 5.88 Å². The molecule has 1 aromatic heterocycles. The number of rotatable bonds is 3. The fraction of sp³-hybridized carbons (Fsp3) is 0.600. The molecule has 1 aliphatic heterocycles. The Bertz CT molecular complexity index is 369. The molecular weight excluding hydrogens is 210 g/mol. The lowest BCUT2D eigenvalue weighted by atomic mass is 10.3. The van der Waals surface area contributed by atoms with Crippen molar-refractivity contribution in [2.45, 2.75) is 6.54 Å². The van der Waals surface area contributed by atoms with E-state index >= 15 is 0 Å². The van der Waals surface area contributed by atoms with Gasteiger partial charge in [0.15, 0.2) is 0 Å². The van der Waals surface area contributed by atoms with Gasteiger partial charge in [0, 0.05) is 26.2 Å². The van der Waals surface area contributed by atoms with Crippen molar-refractivity contribution >= 4 is 5.88 Å². The lowest BCUT2D eigenvalue weighted by Crippen LogP contribution is -2.43. The molecule has 0 unspecified atom stereocenters. The van der Waals surface area contributed by atoms with Crippen molar-refractivity contribution in [3.05, 3.63) is 28.0 Å². The third kappa shape index (κ3) is 2.59. The Labute approximate surface area is 93.6 Å². The predicted octanol–water partition coefficient (Wildman–Crippen LogP) is 0.935. The van der Waals surface area contributed by atoms with Gasteiger partial charge in [0.05, 0.1) is 12.6 Å². The molecule has 0 saturated carbocycles. The average Bonchev–Trinajstić information content (AvgIpc) is 2.70. The van der Waals surface area contributed by atoms with Gasteiger partial charge in [-0.3, -0.25) is 15.0 Å². The van der Waals surface area contributed by atoms with E-state index in [1.54, 1.807) is 6.07 Å². The van der Waals surface area contributed by atoms with E-state index in [0.29, 0.717) is 12.3 Å². The van der Waals surface area contributed by atoms with Gasteiger partial charge < -0.3 is 9.32 Å². The van der Waals surface area contributed by atoms with Crippen molar-refractivity contribution in [1.82, 2.24) is 9.80 Å². The quantitative estimate of drug-likeness (QED) is 0.565. The van der Waals surface area contributed by atoms with E-state index in [9.17, 15) is 10.1 Å². The van der Waals surface area contributed by atoms with E-state index in [1.165, 1.54) is 6.07 Å². The van der Waals surface area contributed by atoms with Crippen LogP contribution in [0.25, 0.3) is 0 Å². The molecule has 1 aliphatic rings. The van der Waals surface area contributed by atoms with E-state index in [0.717, 1.165) is 26.2 Å². The highest BCUT2D eigenvalue weighted by Gasteiger charge is 2.17. The Hall–Kier alpha value is -1.40. The van der Waals surface area contributed by atoms with Crippen molar-refractivity contribution in [2.24, 2.45) is 0 Å². The minimum Gasteiger partial charge on any atom is -0.404 e. The SMILES string of the molecule is CN1CCN(Cc2ccc([N+](=O)[O-])o2)CC1. The minimum absolute atomic E-state index is 0.177. The Morgan fingerprint density at radius 2 is 2.06 bits per heavy atom. The minimum atomic E-state index is -0.506. The first-order valence-corrected chi connectivity index (χ1v) is 5.29. The average molecular weight is 225 g/mol. The van der Waals surface area contributed by atoms with Crippen molar-refractivity contribution < 1.29 is 9.34 Å². The fourth-order valence-electron chi connectivity index (χ4n) is 1.78. The molecule has 0 bridgehead atoms. The molecule has 1 saturated heterocycles. The maximum atomic E-state index is 10.4. The van der Waals surface area contributed by atoms with Crippen molar-refractivity contribution in [2.75, 3.05) is 33.2 Å². The van der Waals surface area contributed by atoms with Gasteiger partial charge in [-0.05, 0) is 13.1 Å². The summed E-state index contributed by atoms with van der Waals surface area (Å²) in [5.41, 5.74) is 0. The van der Waals surface area contributed by atoms with Crippen molar-refractivity contribution in [3.8, 4) is 0 Å². The van der Waals surface area contributed by atoms with E-state index in [4.69, 9.17) is 4.42 Å². The number of likely N-dealkylation sites (N-methyl/N-ethyl adjacent to an activating group) is 1. The summed E-state index contributed by atoms with van der Waals surface area (Å²) < 4.78 is 5.12. The second kappa shape index (κ2) is 4.63. The summed E-state index contributed by atoms with van der Waals surface area (Å²) in [7, 11) is 2.09. The molecule has 0 atom stereocenters. The zero-order valence-corrected chi connectivity index (χ0v) is 9.26. The van der Waals surface area contributed by atoms with Crippen molar-refractivity contribution in [1.29, 1.82) is 0 Å². The molecule has 16 heavy (non-hydrogen) atoms. The highest BCUT2D eigenvalue weighted by molar-refractivity contribution is 5.17. The maximum absolute atomic E-state index is 10.4. The van der Waals surface area contributed by atoms with Gasteiger partial charge in [-0.2, -0.15) is 0 Å². The zero-order chi connectivity index (χ0) is 11.5. The molecule has 0 amide bonds. The van der Waals surface area contributed by atoms with Gasteiger partial charge in [-0.1, -0.05) is 0 Å². The normalized spacial score (nSPS) is 18.8. The van der Waals surface area contributed by atoms with E-state index in [-0.39, 0.29) is 5.88 Å². The third-order valence-electron chi connectivity index (χ3n) is 2.80. The Balaban J connectivity index is 1.91. The van der Waals surface area contributed by atoms with Crippen LogP contribution in [0, 0.1) is 10.1 Å². The molecule has 1 aromatic rings. The van der Waals surface area contributed by atoms with Crippen LogP contribution in [-0.4, -0.2) is 47.9 Å². The highest BCUT2D eigenvalue weighted by atomic mass is 16.6. The first-order chi connectivity index (χ1) is 7.65. The van der Waals surface area contributed by atoms with E-state index in [1.807, 2.05) is 0 Å². The molecule has 0 spiro atoms.